The topological polar surface area (TPSA) is 46.3 Å². The molecule has 1 amide bonds. The van der Waals surface area contributed by atoms with Crippen LogP contribution < -0.4 is 5.73 Å². The Hall–Kier alpha value is -0.570. The Balaban J connectivity index is 2.47. The van der Waals surface area contributed by atoms with Crippen LogP contribution in [0.2, 0.25) is 0 Å². The lowest BCUT2D eigenvalue weighted by atomic mass is 9.68. The molecule has 1 fully saturated rings. The van der Waals surface area contributed by atoms with Gasteiger partial charge < -0.3 is 10.6 Å². The molecule has 2 N–H and O–H groups in total. The second kappa shape index (κ2) is 4.74. The van der Waals surface area contributed by atoms with Crippen molar-refractivity contribution in [2.45, 2.75) is 46.5 Å². The summed E-state index contributed by atoms with van der Waals surface area (Å²) in [5.41, 5.74) is 5.81. The van der Waals surface area contributed by atoms with Gasteiger partial charge in [0.1, 0.15) is 0 Å². The Bertz CT molecular complexity index is 246. The predicted molar refractivity (Wildman–Crippen MR) is 67.0 cm³/mol. The Morgan fingerprint density at radius 1 is 1.38 bits per heavy atom. The van der Waals surface area contributed by atoms with Gasteiger partial charge in [-0.1, -0.05) is 27.2 Å². The van der Waals surface area contributed by atoms with Crippen LogP contribution in [0.25, 0.3) is 0 Å². The summed E-state index contributed by atoms with van der Waals surface area (Å²) in [6.07, 6.45) is 4.14. The van der Waals surface area contributed by atoms with Crippen molar-refractivity contribution in [2.75, 3.05) is 20.1 Å². The molecule has 0 heterocycles. The third-order valence-corrected chi connectivity index (χ3v) is 3.70. The van der Waals surface area contributed by atoms with Crippen molar-refractivity contribution in [3.63, 3.8) is 0 Å². The molecule has 3 heteroatoms. The molecule has 0 aromatic rings. The molecule has 16 heavy (non-hydrogen) atoms. The normalized spacial score (nSPS) is 19.1. The fourth-order valence-corrected chi connectivity index (χ4v) is 2.12. The van der Waals surface area contributed by atoms with E-state index < -0.39 is 0 Å². The minimum Gasteiger partial charge on any atom is -0.345 e. The number of carbonyl (C=O) groups excluding carboxylic acids is 1. The largest absolute Gasteiger partial charge is 0.345 e. The maximum atomic E-state index is 12.2. The minimum atomic E-state index is -0.216. The molecule has 1 aliphatic rings. The van der Waals surface area contributed by atoms with E-state index in [9.17, 15) is 4.79 Å². The van der Waals surface area contributed by atoms with E-state index in [4.69, 9.17) is 5.73 Å². The van der Waals surface area contributed by atoms with Gasteiger partial charge >= 0.3 is 0 Å². The van der Waals surface area contributed by atoms with Crippen LogP contribution in [-0.2, 0) is 4.79 Å². The van der Waals surface area contributed by atoms with Crippen molar-refractivity contribution in [3.8, 4) is 0 Å². The number of nitrogens with two attached hydrogens (primary N) is 1. The molecule has 0 aromatic heterocycles. The van der Waals surface area contributed by atoms with Crippen molar-refractivity contribution >= 4 is 5.91 Å². The van der Waals surface area contributed by atoms with Gasteiger partial charge in [-0.3, -0.25) is 4.79 Å². The molecule has 94 valence electrons. The monoisotopic (exact) mass is 226 g/mol. The zero-order chi connectivity index (χ0) is 12.4. The molecule has 0 saturated heterocycles. The number of hydrogen-bond donors (Lipinski definition) is 1. The van der Waals surface area contributed by atoms with Crippen molar-refractivity contribution < 1.29 is 4.79 Å². The molecule has 0 atom stereocenters. The number of rotatable bonds is 4. The van der Waals surface area contributed by atoms with Gasteiger partial charge in [0.2, 0.25) is 5.91 Å². The first-order chi connectivity index (χ1) is 7.31. The Labute approximate surface area is 99.4 Å². The summed E-state index contributed by atoms with van der Waals surface area (Å²) >= 11 is 0. The Kier molecular flexibility index (Phi) is 4.00. The molecule has 3 nitrogen and oxygen atoms in total. The molecule has 0 radical (unpaired) electrons. The lowest BCUT2D eigenvalue weighted by Crippen LogP contribution is -2.51. The fraction of sp³-hybridized carbons (Fsp3) is 0.923. The van der Waals surface area contributed by atoms with Crippen LogP contribution in [0.4, 0.5) is 0 Å². The number of hydrogen-bond acceptors (Lipinski definition) is 2. The summed E-state index contributed by atoms with van der Waals surface area (Å²) in [6.45, 7) is 7.95. The average molecular weight is 226 g/mol. The average Bonchev–Trinajstić information content (AvgIpc) is 2.12. The van der Waals surface area contributed by atoms with Crippen LogP contribution in [0.1, 0.15) is 46.5 Å². The number of nitrogens with zero attached hydrogens (tertiary/aromatic N) is 1. The van der Waals surface area contributed by atoms with Crippen LogP contribution in [0, 0.1) is 10.8 Å². The van der Waals surface area contributed by atoms with E-state index in [2.05, 4.69) is 20.8 Å². The lowest BCUT2D eigenvalue weighted by molar-refractivity contribution is -0.145. The van der Waals surface area contributed by atoms with E-state index >= 15 is 0 Å². The molecule has 0 bridgehead atoms. The maximum absolute atomic E-state index is 12.2. The van der Waals surface area contributed by atoms with Gasteiger partial charge in [-0.2, -0.15) is 0 Å². The molecule has 1 saturated carbocycles. The highest BCUT2D eigenvalue weighted by Gasteiger charge is 2.44. The van der Waals surface area contributed by atoms with Crippen LogP contribution in [0.3, 0.4) is 0 Å². The first kappa shape index (κ1) is 13.5. The quantitative estimate of drug-likeness (QED) is 0.797. The molecule has 0 aliphatic heterocycles. The molecular weight excluding hydrogens is 200 g/mol. The summed E-state index contributed by atoms with van der Waals surface area (Å²) in [4.78, 5) is 14.1. The van der Waals surface area contributed by atoms with Gasteiger partial charge in [0.25, 0.3) is 0 Å². The molecule has 1 aliphatic carbocycles. The van der Waals surface area contributed by atoms with Gasteiger partial charge in [-0.25, -0.2) is 0 Å². The smallest absolute Gasteiger partial charge is 0.229 e. The summed E-state index contributed by atoms with van der Waals surface area (Å²) in [5, 5.41) is 0. The first-order valence-electron chi connectivity index (χ1n) is 6.26. The van der Waals surface area contributed by atoms with E-state index in [-0.39, 0.29) is 16.7 Å². The van der Waals surface area contributed by atoms with Crippen LogP contribution in [0.5, 0.6) is 0 Å². The molecule has 0 aromatic carbocycles. The van der Waals surface area contributed by atoms with E-state index in [1.165, 1.54) is 0 Å². The highest BCUT2D eigenvalue weighted by atomic mass is 16.2. The standard InChI is InChI=1S/C13H26N2O/c1-12(2,3)8-9-15(4)11(16)13(10-14)6-5-7-13/h5-10,14H2,1-4H3. The molecule has 0 unspecified atom stereocenters. The summed E-state index contributed by atoms with van der Waals surface area (Å²) in [6, 6.07) is 0. The highest BCUT2D eigenvalue weighted by molar-refractivity contribution is 5.83. The van der Waals surface area contributed by atoms with Gasteiger partial charge in [0.05, 0.1) is 5.41 Å². The van der Waals surface area contributed by atoms with Crippen molar-refractivity contribution in [3.05, 3.63) is 0 Å². The summed E-state index contributed by atoms with van der Waals surface area (Å²) in [7, 11) is 1.91. The Morgan fingerprint density at radius 2 is 1.94 bits per heavy atom. The molecule has 0 spiro atoms. The van der Waals surface area contributed by atoms with E-state index in [0.717, 1.165) is 32.2 Å². The maximum Gasteiger partial charge on any atom is 0.229 e. The van der Waals surface area contributed by atoms with E-state index in [0.29, 0.717) is 6.54 Å². The van der Waals surface area contributed by atoms with Crippen LogP contribution in [0.15, 0.2) is 0 Å². The number of amides is 1. The van der Waals surface area contributed by atoms with Gasteiger partial charge in [0.15, 0.2) is 0 Å². The lowest BCUT2D eigenvalue weighted by Gasteiger charge is -2.42. The van der Waals surface area contributed by atoms with E-state index in [1.54, 1.807) is 0 Å². The van der Waals surface area contributed by atoms with Gasteiger partial charge in [-0.05, 0) is 24.7 Å². The zero-order valence-electron chi connectivity index (χ0n) is 11.2. The minimum absolute atomic E-state index is 0.216. The summed E-state index contributed by atoms with van der Waals surface area (Å²) < 4.78 is 0. The van der Waals surface area contributed by atoms with Crippen molar-refractivity contribution in [2.24, 2.45) is 16.6 Å². The van der Waals surface area contributed by atoms with E-state index in [1.807, 2.05) is 11.9 Å². The van der Waals surface area contributed by atoms with Crippen LogP contribution in [-0.4, -0.2) is 30.9 Å². The number of carbonyl (C=O) groups is 1. The van der Waals surface area contributed by atoms with Gasteiger partial charge in [-0.15, -0.1) is 0 Å². The van der Waals surface area contributed by atoms with Crippen molar-refractivity contribution in [1.82, 2.24) is 4.90 Å². The predicted octanol–water partition coefficient (Wildman–Crippen LogP) is 2.01. The van der Waals surface area contributed by atoms with Gasteiger partial charge in [0, 0.05) is 20.1 Å². The first-order valence-corrected chi connectivity index (χ1v) is 6.26. The highest BCUT2D eigenvalue weighted by Crippen LogP contribution is 2.41. The Morgan fingerprint density at radius 3 is 2.25 bits per heavy atom. The zero-order valence-corrected chi connectivity index (χ0v) is 11.2. The third-order valence-electron chi connectivity index (χ3n) is 3.70. The molecular formula is C13H26N2O. The SMILES string of the molecule is CN(CCC(C)(C)C)C(=O)C1(CN)CCC1. The molecule has 1 rings (SSSR count). The fourth-order valence-electron chi connectivity index (χ4n) is 2.12. The van der Waals surface area contributed by atoms with Crippen molar-refractivity contribution in [1.29, 1.82) is 0 Å². The summed E-state index contributed by atoms with van der Waals surface area (Å²) in [5.74, 6) is 0.255. The van der Waals surface area contributed by atoms with Crippen LogP contribution >= 0.6 is 0 Å². The second-order valence-electron chi connectivity index (χ2n) is 6.38. The third kappa shape index (κ3) is 2.97. The second-order valence-corrected chi connectivity index (χ2v) is 6.38.